The fourth-order valence-electron chi connectivity index (χ4n) is 5.76. The molecule has 38 heavy (non-hydrogen) atoms. The van der Waals surface area contributed by atoms with E-state index in [1.165, 1.54) is 212 Å². The molecular formula is C36H75NO. The molecule has 0 aliphatic carbocycles. The Morgan fingerprint density at radius 1 is 0.289 bits per heavy atom. The first-order chi connectivity index (χ1) is 18.9. The SMILES string of the molecule is CCCCCCCCCCCCCCCCCCNCCCCCCCCCCCCCCCCCCO. The molecule has 0 aliphatic rings. The maximum Gasteiger partial charge on any atom is 0.0431 e. The minimum atomic E-state index is 0.372. The second-order valence-corrected chi connectivity index (χ2v) is 12.4. The minimum Gasteiger partial charge on any atom is -0.396 e. The molecule has 0 saturated heterocycles. The van der Waals surface area contributed by atoms with Crippen LogP contribution in [-0.2, 0) is 0 Å². The average molecular weight is 538 g/mol. The van der Waals surface area contributed by atoms with Gasteiger partial charge in [-0.05, 0) is 32.4 Å². The van der Waals surface area contributed by atoms with E-state index < -0.39 is 0 Å². The summed E-state index contributed by atoms with van der Waals surface area (Å²) in [7, 11) is 0. The standard InChI is InChI=1S/C36H75NO/c1-2-3-4-5-6-7-8-9-10-13-16-19-22-25-28-31-34-37-35-32-29-26-23-20-17-14-11-12-15-18-21-24-27-30-33-36-38/h37-38H,2-36H2,1H3. The van der Waals surface area contributed by atoms with Gasteiger partial charge in [-0.15, -0.1) is 0 Å². The summed E-state index contributed by atoms with van der Waals surface area (Å²) >= 11 is 0. The molecule has 0 aliphatic heterocycles. The summed E-state index contributed by atoms with van der Waals surface area (Å²) in [5.74, 6) is 0. The van der Waals surface area contributed by atoms with Crippen molar-refractivity contribution in [3.63, 3.8) is 0 Å². The molecule has 0 saturated carbocycles. The molecule has 0 aromatic rings. The van der Waals surface area contributed by atoms with Crippen LogP contribution in [0.15, 0.2) is 0 Å². The topological polar surface area (TPSA) is 32.3 Å². The molecule has 0 unspecified atom stereocenters. The van der Waals surface area contributed by atoms with Gasteiger partial charge in [-0.25, -0.2) is 0 Å². The molecule has 0 rings (SSSR count). The predicted molar refractivity (Wildman–Crippen MR) is 173 cm³/mol. The van der Waals surface area contributed by atoms with E-state index in [9.17, 15) is 0 Å². The third kappa shape index (κ3) is 35.9. The van der Waals surface area contributed by atoms with Gasteiger partial charge in [0.15, 0.2) is 0 Å². The number of hydrogen-bond acceptors (Lipinski definition) is 2. The Hall–Kier alpha value is -0.0800. The molecule has 0 heterocycles. The Morgan fingerprint density at radius 2 is 0.500 bits per heavy atom. The van der Waals surface area contributed by atoms with E-state index in [2.05, 4.69) is 12.2 Å². The Morgan fingerprint density at radius 3 is 0.737 bits per heavy atom. The van der Waals surface area contributed by atoms with Crippen molar-refractivity contribution in [2.45, 2.75) is 212 Å². The molecule has 2 heteroatoms. The van der Waals surface area contributed by atoms with Gasteiger partial charge >= 0.3 is 0 Å². The lowest BCUT2D eigenvalue weighted by molar-refractivity contribution is 0.282. The molecule has 0 radical (unpaired) electrons. The van der Waals surface area contributed by atoms with E-state index >= 15 is 0 Å². The van der Waals surface area contributed by atoms with E-state index in [4.69, 9.17) is 5.11 Å². The van der Waals surface area contributed by atoms with Crippen LogP contribution < -0.4 is 5.32 Å². The fourth-order valence-corrected chi connectivity index (χ4v) is 5.76. The average Bonchev–Trinajstić information content (AvgIpc) is 2.93. The quantitative estimate of drug-likeness (QED) is 0.0788. The Labute approximate surface area is 242 Å². The number of rotatable bonds is 35. The number of unbranched alkanes of at least 4 members (excludes halogenated alkanes) is 30. The highest BCUT2D eigenvalue weighted by Crippen LogP contribution is 2.15. The highest BCUT2D eigenvalue weighted by molar-refractivity contribution is 4.54. The van der Waals surface area contributed by atoms with Crippen LogP contribution in [0.1, 0.15) is 212 Å². The second kappa shape index (κ2) is 36.9. The van der Waals surface area contributed by atoms with Crippen LogP contribution in [0.4, 0.5) is 0 Å². The zero-order valence-corrected chi connectivity index (χ0v) is 26.7. The van der Waals surface area contributed by atoms with Gasteiger partial charge in [0, 0.05) is 6.61 Å². The molecule has 0 amide bonds. The molecule has 0 aromatic heterocycles. The van der Waals surface area contributed by atoms with Crippen LogP contribution in [0, 0.1) is 0 Å². The lowest BCUT2D eigenvalue weighted by Gasteiger charge is -2.06. The zero-order chi connectivity index (χ0) is 27.5. The van der Waals surface area contributed by atoms with E-state index in [0.717, 1.165) is 6.42 Å². The molecule has 0 bridgehead atoms. The summed E-state index contributed by atoms with van der Waals surface area (Å²) in [4.78, 5) is 0. The third-order valence-corrected chi connectivity index (χ3v) is 8.47. The van der Waals surface area contributed by atoms with Crippen molar-refractivity contribution in [1.82, 2.24) is 5.32 Å². The Bertz CT molecular complexity index is 350. The van der Waals surface area contributed by atoms with Gasteiger partial charge in [0.1, 0.15) is 0 Å². The van der Waals surface area contributed by atoms with E-state index in [-0.39, 0.29) is 0 Å². The van der Waals surface area contributed by atoms with Crippen molar-refractivity contribution < 1.29 is 5.11 Å². The van der Waals surface area contributed by atoms with E-state index in [1.807, 2.05) is 0 Å². The lowest BCUT2D eigenvalue weighted by Crippen LogP contribution is -2.16. The summed E-state index contributed by atoms with van der Waals surface area (Å²) in [5, 5.41) is 12.5. The molecule has 0 spiro atoms. The molecule has 230 valence electrons. The van der Waals surface area contributed by atoms with Crippen LogP contribution in [0.25, 0.3) is 0 Å². The summed E-state index contributed by atoms with van der Waals surface area (Å²) in [6.45, 7) is 5.15. The van der Waals surface area contributed by atoms with Crippen molar-refractivity contribution in [2.75, 3.05) is 19.7 Å². The van der Waals surface area contributed by atoms with Gasteiger partial charge in [0.2, 0.25) is 0 Å². The number of aliphatic hydroxyl groups is 1. The monoisotopic (exact) mass is 538 g/mol. The Kier molecular flexibility index (Phi) is 36.8. The first-order valence-electron chi connectivity index (χ1n) is 18.2. The molecule has 0 atom stereocenters. The smallest absolute Gasteiger partial charge is 0.0431 e. The first-order valence-corrected chi connectivity index (χ1v) is 18.2. The van der Waals surface area contributed by atoms with Gasteiger partial charge in [0.05, 0.1) is 0 Å². The maximum atomic E-state index is 8.78. The van der Waals surface area contributed by atoms with Gasteiger partial charge in [-0.2, -0.15) is 0 Å². The van der Waals surface area contributed by atoms with Gasteiger partial charge in [0.25, 0.3) is 0 Å². The number of aliphatic hydroxyl groups excluding tert-OH is 1. The highest BCUT2D eigenvalue weighted by atomic mass is 16.2. The lowest BCUT2D eigenvalue weighted by atomic mass is 10.0. The van der Waals surface area contributed by atoms with Crippen molar-refractivity contribution in [3.05, 3.63) is 0 Å². The molecule has 0 aromatic carbocycles. The second-order valence-electron chi connectivity index (χ2n) is 12.4. The van der Waals surface area contributed by atoms with Gasteiger partial charge in [-0.1, -0.05) is 193 Å². The van der Waals surface area contributed by atoms with Crippen LogP contribution >= 0.6 is 0 Å². The van der Waals surface area contributed by atoms with E-state index in [0.29, 0.717) is 6.61 Å². The summed E-state index contributed by atoms with van der Waals surface area (Å²) in [6.07, 6.45) is 45.4. The number of nitrogens with one attached hydrogen (secondary N) is 1. The normalized spacial score (nSPS) is 11.5. The fraction of sp³-hybridized carbons (Fsp3) is 1.00. The van der Waals surface area contributed by atoms with Crippen molar-refractivity contribution in [3.8, 4) is 0 Å². The predicted octanol–water partition coefficient (Wildman–Crippen LogP) is 12.1. The molecular weight excluding hydrogens is 462 g/mol. The van der Waals surface area contributed by atoms with Crippen molar-refractivity contribution in [2.24, 2.45) is 0 Å². The zero-order valence-electron chi connectivity index (χ0n) is 26.7. The molecule has 0 fully saturated rings. The minimum absolute atomic E-state index is 0.372. The third-order valence-electron chi connectivity index (χ3n) is 8.47. The number of hydrogen-bond donors (Lipinski definition) is 2. The van der Waals surface area contributed by atoms with Gasteiger partial charge in [-0.3, -0.25) is 0 Å². The van der Waals surface area contributed by atoms with E-state index in [1.54, 1.807) is 0 Å². The summed E-state index contributed by atoms with van der Waals surface area (Å²) < 4.78 is 0. The van der Waals surface area contributed by atoms with Gasteiger partial charge < -0.3 is 10.4 Å². The van der Waals surface area contributed by atoms with Crippen LogP contribution in [0.3, 0.4) is 0 Å². The largest absolute Gasteiger partial charge is 0.396 e. The maximum absolute atomic E-state index is 8.78. The summed E-state index contributed by atoms with van der Waals surface area (Å²) in [6, 6.07) is 0. The summed E-state index contributed by atoms with van der Waals surface area (Å²) in [5.41, 5.74) is 0. The van der Waals surface area contributed by atoms with Crippen LogP contribution in [0.2, 0.25) is 0 Å². The van der Waals surface area contributed by atoms with Crippen molar-refractivity contribution >= 4 is 0 Å². The molecule has 2 N–H and O–H groups in total. The Balaban J connectivity index is 3.01. The van der Waals surface area contributed by atoms with Crippen molar-refractivity contribution in [1.29, 1.82) is 0 Å². The highest BCUT2D eigenvalue weighted by Gasteiger charge is 1.97. The van der Waals surface area contributed by atoms with Crippen LogP contribution in [-0.4, -0.2) is 24.8 Å². The van der Waals surface area contributed by atoms with Crippen LogP contribution in [0.5, 0.6) is 0 Å². The molecule has 2 nitrogen and oxygen atoms in total. The first kappa shape index (κ1) is 37.9.